The average Bonchev–Trinajstić information content (AvgIpc) is 2.33. The zero-order chi connectivity index (χ0) is 14.0. The van der Waals surface area contributed by atoms with Gasteiger partial charge in [0.25, 0.3) is 5.69 Å². The summed E-state index contributed by atoms with van der Waals surface area (Å²) in [5.41, 5.74) is 0.440. The molecule has 2 N–H and O–H groups in total. The Labute approximate surface area is 110 Å². The highest BCUT2D eigenvalue weighted by molar-refractivity contribution is 5.94. The van der Waals surface area contributed by atoms with Crippen molar-refractivity contribution in [2.24, 2.45) is 5.41 Å². The van der Waals surface area contributed by atoms with Crippen molar-refractivity contribution in [2.45, 2.75) is 26.2 Å². The van der Waals surface area contributed by atoms with Crippen LogP contribution in [0, 0.1) is 15.5 Å². The number of carboxylic acids is 1. The molecule has 1 aromatic carbocycles. The van der Waals surface area contributed by atoms with E-state index in [2.05, 4.69) is 12.2 Å². The van der Waals surface area contributed by atoms with Crippen molar-refractivity contribution in [2.75, 3.05) is 11.9 Å². The Morgan fingerprint density at radius 3 is 2.68 bits per heavy atom. The smallest absolute Gasteiger partial charge is 0.337 e. The van der Waals surface area contributed by atoms with Crippen molar-refractivity contribution in [3.8, 4) is 0 Å². The molecular formula is C13H16N2O4. The third-order valence-electron chi connectivity index (χ3n) is 3.71. The molecule has 0 radical (unpaired) electrons. The second-order valence-corrected chi connectivity index (χ2v) is 5.31. The molecule has 0 aliphatic heterocycles. The van der Waals surface area contributed by atoms with Gasteiger partial charge in [-0.3, -0.25) is 10.1 Å². The standard InChI is InChI=1S/C13H16N2O4/c1-13(5-2-6-13)8-14-11-7-9(15(18)19)3-4-10(11)12(16)17/h3-4,7,14H,2,5-6,8H2,1H3,(H,16,17). The molecule has 1 saturated carbocycles. The van der Waals surface area contributed by atoms with Gasteiger partial charge in [-0.1, -0.05) is 13.3 Å². The molecule has 1 fully saturated rings. The lowest BCUT2D eigenvalue weighted by molar-refractivity contribution is -0.384. The van der Waals surface area contributed by atoms with Crippen LogP contribution in [0.3, 0.4) is 0 Å². The van der Waals surface area contributed by atoms with E-state index in [1.165, 1.54) is 24.6 Å². The maximum atomic E-state index is 11.1. The number of nitro benzene ring substituents is 1. The Balaban J connectivity index is 2.22. The number of carboxylic acid groups (broad SMARTS) is 1. The van der Waals surface area contributed by atoms with E-state index in [-0.39, 0.29) is 16.7 Å². The Bertz CT molecular complexity index is 523. The minimum atomic E-state index is -1.09. The first kappa shape index (κ1) is 13.3. The highest BCUT2D eigenvalue weighted by Gasteiger charge is 2.31. The van der Waals surface area contributed by atoms with E-state index in [0.29, 0.717) is 12.2 Å². The first-order valence-electron chi connectivity index (χ1n) is 6.17. The van der Waals surface area contributed by atoms with Crippen LogP contribution in [0.5, 0.6) is 0 Å². The van der Waals surface area contributed by atoms with Gasteiger partial charge in [0, 0.05) is 18.7 Å². The number of non-ortho nitro benzene ring substituents is 1. The van der Waals surface area contributed by atoms with Crippen LogP contribution < -0.4 is 5.32 Å². The van der Waals surface area contributed by atoms with Gasteiger partial charge in [-0.15, -0.1) is 0 Å². The van der Waals surface area contributed by atoms with Gasteiger partial charge in [0.15, 0.2) is 0 Å². The van der Waals surface area contributed by atoms with Crippen molar-refractivity contribution < 1.29 is 14.8 Å². The molecule has 0 saturated heterocycles. The maximum absolute atomic E-state index is 11.1. The van der Waals surface area contributed by atoms with Crippen LogP contribution in [0.2, 0.25) is 0 Å². The lowest BCUT2D eigenvalue weighted by atomic mass is 9.70. The fourth-order valence-electron chi connectivity index (χ4n) is 2.24. The van der Waals surface area contributed by atoms with Crippen molar-refractivity contribution in [3.63, 3.8) is 0 Å². The minimum absolute atomic E-state index is 0.0634. The molecule has 0 unspecified atom stereocenters. The summed E-state index contributed by atoms with van der Waals surface area (Å²) in [5, 5.41) is 22.9. The second kappa shape index (κ2) is 4.87. The number of hydrogen-bond donors (Lipinski definition) is 2. The number of rotatable bonds is 5. The van der Waals surface area contributed by atoms with E-state index in [9.17, 15) is 14.9 Å². The lowest BCUT2D eigenvalue weighted by Gasteiger charge is -2.38. The molecule has 1 aromatic rings. The molecule has 1 aliphatic carbocycles. The monoisotopic (exact) mass is 264 g/mol. The number of aromatic carboxylic acids is 1. The molecule has 0 heterocycles. The zero-order valence-electron chi connectivity index (χ0n) is 10.7. The molecule has 0 spiro atoms. The van der Waals surface area contributed by atoms with Gasteiger partial charge in [0.05, 0.1) is 16.2 Å². The van der Waals surface area contributed by atoms with Crippen LogP contribution >= 0.6 is 0 Å². The Morgan fingerprint density at radius 2 is 2.21 bits per heavy atom. The first-order valence-corrected chi connectivity index (χ1v) is 6.17. The zero-order valence-corrected chi connectivity index (χ0v) is 10.7. The highest BCUT2D eigenvalue weighted by atomic mass is 16.6. The second-order valence-electron chi connectivity index (χ2n) is 5.31. The molecule has 6 heteroatoms. The molecule has 102 valence electrons. The predicted molar refractivity (Wildman–Crippen MR) is 70.5 cm³/mol. The van der Waals surface area contributed by atoms with Gasteiger partial charge in [-0.25, -0.2) is 4.79 Å². The van der Waals surface area contributed by atoms with Gasteiger partial charge in [0.1, 0.15) is 0 Å². The van der Waals surface area contributed by atoms with Crippen molar-refractivity contribution in [1.29, 1.82) is 0 Å². The van der Waals surface area contributed by atoms with Crippen molar-refractivity contribution in [1.82, 2.24) is 0 Å². The summed E-state index contributed by atoms with van der Waals surface area (Å²) >= 11 is 0. The van der Waals surface area contributed by atoms with Crippen LogP contribution in [0.1, 0.15) is 36.5 Å². The van der Waals surface area contributed by atoms with Crippen LogP contribution in [0.4, 0.5) is 11.4 Å². The molecule has 19 heavy (non-hydrogen) atoms. The van der Waals surface area contributed by atoms with Gasteiger partial charge in [-0.2, -0.15) is 0 Å². The van der Waals surface area contributed by atoms with Crippen molar-refractivity contribution in [3.05, 3.63) is 33.9 Å². The van der Waals surface area contributed by atoms with Gasteiger partial charge in [-0.05, 0) is 24.3 Å². The SMILES string of the molecule is CC1(CNc2cc([N+](=O)[O-])ccc2C(=O)O)CCC1. The predicted octanol–water partition coefficient (Wildman–Crippen LogP) is 2.90. The Morgan fingerprint density at radius 1 is 1.53 bits per heavy atom. The molecule has 1 aliphatic rings. The molecule has 0 bridgehead atoms. The maximum Gasteiger partial charge on any atom is 0.337 e. The van der Waals surface area contributed by atoms with Gasteiger partial charge < -0.3 is 10.4 Å². The summed E-state index contributed by atoms with van der Waals surface area (Å²) in [5.74, 6) is -1.09. The molecule has 0 atom stereocenters. The Kier molecular flexibility index (Phi) is 3.42. The number of anilines is 1. The third kappa shape index (κ3) is 2.83. The molecule has 2 rings (SSSR count). The average molecular weight is 264 g/mol. The fourth-order valence-corrected chi connectivity index (χ4v) is 2.24. The fraction of sp³-hybridized carbons (Fsp3) is 0.462. The van der Waals surface area contributed by atoms with Crippen LogP contribution in [-0.4, -0.2) is 22.5 Å². The first-order chi connectivity index (χ1) is 8.91. The summed E-state index contributed by atoms with van der Waals surface area (Å²) in [6.45, 7) is 2.76. The highest BCUT2D eigenvalue weighted by Crippen LogP contribution is 2.40. The summed E-state index contributed by atoms with van der Waals surface area (Å²) in [6, 6.07) is 3.76. The summed E-state index contributed by atoms with van der Waals surface area (Å²) in [6.07, 6.45) is 3.37. The number of nitrogens with zero attached hydrogens (tertiary/aromatic N) is 1. The van der Waals surface area contributed by atoms with E-state index >= 15 is 0 Å². The van der Waals surface area contributed by atoms with E-state index < -0.39 is 10.9 Å². The Hall–Kier alpha value is -2.11. The number of nitro groups is 1. The van der Waals surface area contributed by atoms with E-state index in [0.717, 1.165) is 12.8 Å². The minimum Gasteiger partial charge on any atom is -0.478 e. The normalized spacial score (nSPS) is 16.5. The van der Waals surface area contributed by atoms with Crippen molar-refractivity contribution >= 4 is 17.3 Å². The largest absolute Gasteiger partial charge is 0.478 e. The molecule has 0 aromatic heterocycles. The van der Waals surface area contributed by atoms with Crippen LogP contribution in [0.25, 0.3) is 0 Å². The van der Waals surface area contributed by atoms with E-state index in [4.69, 9.17) is 5.11 Å². The van der Waals surface area contributed by atoms with Gasteiger partial charge >= 0.3 is 5.97 Å². The van der Waals surface area contributed by atoms with E-state index in [1.54, 1.807) is 0 Å². The number of hydrogen-bond acceptors (Lipinski definition) is 4. The molecular weight excluding hydrogens is 248 g/mol. The third-order valence-corrected chi connectivity index (χ3v) is 3.71. The quantitative estimate of drug-likeness (QED) is 0.630. The van der Waals surface area contributed by atoms with Gasteiger partial charge in [0.2, 0.25) is 0 Å². The number of carbonyl (C=O) groups is 1. The molecule has 0 amide bonds. The topological polar surface area (TPSA) is 92.5 Å². The van der Waals surface area contributed by atoms with Crippen LogP contribution in [0.15, 0.2) is 18.2 Å². The number of benzene rings is 1. The summed E-state index contributed by atoms with van der Waals surface area (Å²) in [4.78, 5) is 21.3. The molecule has 6 nitrogen and oxygen atoms in total. The van der Waals surface area contributed by atoms with Crippen LogP contribution in [-0.2, 0) is 0 Å². The summed E-state index contributed by atoms with van der Waals surface area (Å²) in [7, 11) is 0. The lowest BCUT2D eigenvalue weighted by Crippen LogP contribution is -2.33. The summed E-state index contributed by atoms with van der Waals surface area (Å²) < 4.78 is 0. The van der Waals surface area contributed by atoms with E-state index in [1.807, 2.05) is 0 Å². The number of nitrogens with one attached hydrogen (secondary N) is 1.